The summed E-state index contributed by atoms with van der Waals surface area (Å²) < 4.78 is 68.3. The monoisotopic (exact) mass is 597 g/mol. The fraction of sp³-hybridized carbons (Fsp3) is 0.520. The third-order valence-electron chi connectivity index (χ3n) is 6.99. The molecule has 3 heterocycles. The molecule has 2 saturated heterocycles. The molecule has 2 aromatic rings. The molecular formula is C25H30F3N7O5S. The predicted molar refractivity (Wildman–Crippen MR) is 143 cm³/mol. The van der Waals surface area contributed by atoms with Crippen LogP contribution in [0.4, 0.5) is 18.4 Å². The van der Waals surface area contributed by atoms with Crippen LogP contribution < -0.4 is 19.7 Å². The quantitative estimate of drug-likeness (QED) is 0.381. The second-order valence-electron chi connectivity index (χ2n) is 9.95. The normalized spacial score (nSPS) is 19.1. The zero-order valence-electron chi connectivity index (χ0n) is 22.3. The molecule has 2 amide bonds. The number of amides is 2. The molecule has 0 spiro atoms. The van der Waals surface area contributed by atoms with Crippen molar-refractivity contribution in [1.29, 1.82) is 5.26 Å². The number of carbonyl (C=O) groups is 2. The van der Waals surface area contributed by atoms with Crippen molar-refractivity contribution in [3.8, 4) is 11.8 Å². The van der Waals surface area contributed by atoms with E-state index < -0.39 is 59.5 Å². The minimum Gasteiger partial charge on any atom is -0.374 e. The first-order valence-corrected chi connectivity index (χ1v) is 14.2. The SMILES string of the molecule is CN(CCCN1CCNCC1)c1cc(OS(=O)(=O)F)c2nccc(C(=O)NCC(=O)N3CC(F)(F)C[C@H]3C#N)c2c1. The van der Waals surface area contributed by atoms with Crippen LogP contribution in [0.25, 0.3) is 10.9 Å². The molecule has 2 aliphatic rings. The smallest absolute Gasteiger partial charge is 0.374 e. The molecule has 0 aliphatic carbocycles. The first-order valence-electron chi connectivity index (χ1n) is 12.9. The Labute approximate surface area is 235 Å². The van der Waals surface area contributed by atoms with E-state index in [4.69, 9.17) is 5.26 Å². The van der Waals surface area contributed by atoms with Gasteiger partial charge < -0.3 is 29.5 Å². The van der Waals surface area contributed by atoms with Crippen LogP contribution in [0.3, 0.4) is 0 Å². The van der Waals surface area contributed by atoms with Crippen molar-refractivity contribution < 1.29 is 34.9 Å². The predicted octanol–water partition coefficient (Wildman–Crippen LogP) is 1.05. The van der Waals surface area contributed by atoms with Gasteiger partial charge in [0, 0.05) is 69.5 Å². The van der Waals surface area contributed by atoms with Crippen molar-refractivity contribution >= 4 is 38.9 Å². The lowest BCUT2D eigenvalue weighted by Crippen LogP contribution is -2.44. The van der Waals surface area contributed by atoms with Gasteiger partial charge in [-0.2, -0.15) is 13.7 Å². The summed E-state index contributed by atoms with van der Waals surface area (Å²) in [6, 6.07) is 4.53. The van der Waals surface area contributed by atoms with Crippen molar-refractivity contribution in [3.63, 3.8) is 0 Å². The van der Waals surface area contributed by atoms with Crippen LogP contribution in [0.2, 0.25) is 0 Å². The van der Waals surface area contributed by atoms with Crippen LogP contribution in [0.15, 0.2) is 24.4 Å². The average Bonchev–Trinajstić information content (AvgIpc) is 3.25. The number of anilines is 1. The van der Waals surface area contributed by atoms with Gasteiger partial charge in [-0.1, -0.05) is 3.89 Å². The Morgan fingerprint density at radius 2 is 2.05 bits per heavy atom. The van der Waals surface area contributed by atoms with Gasteiger partial charge in [-0.15, -0.1) is 0 Å². The Morgan fingerprint density at radius 3 is 2.73 bits per heavy atom. The zero-order valence-corrected chi connectivity index (χ0v) is 23.1. The average molecular weight is 598 g/mol. The number of fused-ring (bicyclic) bond motifs is 1. The van der Waals surface area contributed by atoms with E-state index in [2.05, 4.69) is 24.7 Å². The molecule has 0 saturated carbocycles. The van der Waals surface area contributed by atoms with Gasteiger partial charge in [0.2, 0.25) is 5.91 Å². The van der Waals surface area contributed by atoms with Crippen LogP contribution in [0, 0.1) is 11.3 Å². The Balaban J connectivity index is 1.55. The molecule has 2 N–H and O–H groups in total. The van der Waals surface area contributed by atoms with Crippen molar-refractivity contribution in [2.75, 3.05) is 64.3 Å². The summed E-state index contributed by atoms with van der Waals surface area (Å²) in [5.74, 6) is -5.30. The number of piperazine rings is 1. The molecular weight excluding hydrogens is 567 g/mol. The molecule has 4 rings (SSSR count). The summed E-state index contributed by atoms with van der Waals surface area (Å²) in [5, 5.41) is 14.9. The van der Waals surface area contributed by atoms with Crippen LogP contribution in [-0.2, 0) is 15.3 Å². The van der Waals surface area contributed by atoms with E-state index in [1.807, 2.05) is 0 Å². The number of benzene rings is 1. The van der Waals surface area contributed by atoms with Crippen LogP contribution in [0.5, 0.6) is 5.75 Å². The molecule has 1 atom stereocenters. The van der Waals surface area contributed by atoms with Gasteiger partial charge in [-0.3, -0.25) is 14.6 Å². The van der Waals surface area contributed by atoms with Crippen molar-refractivity contribution in [3.05, 3.63) is 30.0 Å². The topological polar surface area (TPSA) is 148 Å². The van der Waals surface area contributed by atoms with E-state index in [0.717, 1.165) is 44.0 Å². The number of rotatable bonds is 10. The number of halogens is 3. The summed E-state index contributed by atoms with van der Waals surface area (Å²) >= 11 is 0. The lowest BCUT2D eigenvalue weighted by Gasteiger charge is -2.28. The van der Waals surface area contributed by atoms with Gasteiger partial charge in [0.25, 0.3) is 11.8 Å². The van der Waals surface area contributed by atoms with Gasteiger partial charge in [0.1, 0.15) is 11.6 Å². The zero-order chi connectivity index (χ0) is 29.8. The summed E-state index contributed by atoms with van der Waals surface area (Å²) in [6.07, 6.45) is 1.16. The molecule has 12 nitrogen and oxygen atoms in total. The number of nitriles is 1. The van der Waals surface area contributed by atoms with E-state index in [0.29, 0.717) is 12.2 Å². The Morgan fingerprint density at radius 1 is 1.32 bits per heavy atom. The molecule has 16 heteroatoms. The van der Waals surface area contributed by atoms with Crippen LogP contribution in [0.1, 0.15) is 23.2 Å². The van der Waals surface area contributed by atoms with Gasteiger partial charge in [0.15, 0.2) is 5.75 Å². The molecule has 222 valence electrons. The highest BCUT2D eigenvalue weighted by Crippen LogP contribution is 2.34. The highest BCUT2D eigenvalue weighted by molar-refractivity contribution is 7.81. The van der Waals surface area contributed by atoms with E-state index >= 15 is 0 Å². The molecule has 0 radical (unpaired) electrons. The lowest BCUT2D eigenvalue weighted by atomic mass is 10.1. The van der Waals surface area contributed by atoms with E-state index in [1.54, 1.807) is 24.1 Å². The van der Waals surface area contributed by atoms with Gasteiger partial charge in [-0.25, -0.2) is 8.78 Å². The maximum atomic E-state index is 13.7. The Bertz CT molecular complexity index is 1450. The summed E-state index contributed by atoms with van der Waals surface area (Å²) in [6.45, 7) is 3.46. The van der Waals surface area contributed by atoms with Crippen molar-refractivity contribution in [2.45, 2.75) is 24.8 Å². The number of hydrogen-bond acceptors (Lipinski definition) is 10. The van der Waals surface area contributed by atoms with E-state index in [9.17, 15) is 30.7 Å². The van der Waals surface area contributed by atoms with Crippen LogP contribution >= 0.6 is 0 Å². The first kappa shape index (κ1) is 30.3. The molecule has 1 aromatic carbocycles. The number of pyridine rings is 1. The maximum absolute atomic E-state index is 13.7. The number of likely N-dealkylation sites (tertiary alicyclic amines) is 1. The van der Waals surface area contributed by atoms with Gasteiger partial charge in [0.05, 0.1) is 24.7 Å². The second kappa shape index (κ2) is 12.5. The van der Waals surface area contributed by atoms with Gasteiger partial charge >= 0.3 is 10.5 Å². The standard InChI is InChI=1S/C25H30F3N7O5S/c1-33(7-2-8-34-9-5-30-6-10-34)17-11-20-19(3-4-31-23(20)21(12-17)40-41(28,38)39)24(37)32-15-22(36)35-16-25(26,27)13-18(35)14-29/h3-4,11-12,18,30H,2,5-10,13,15-16H2,1H3,(H,32,37)/t18-/m0/s1. The minimum atomic E-state index is -5.43. The minimum absolute atomic E-state index is 0.0384. The molecule has 1 aromatic heterocycles. The number of nitrogens with one attached hydrogen (secondary N) is 2. The van der Waals surface area contributed by atoms with Crippen LogP contribution in [-0.4, -0.2) is 106 Å². The number of carbonyl (C=O) groups excluding carboxylic acids is 2. The molecule has 2 fully saturated rings. The maximum Gasteiger partial charge on any atom is 0.488 e. The first-order chi connectivity index (χ1) is 19.4. The van der Waals surface area contributed by atoms with E-state index in [1.165, 1.54) is 18.3 Å². The molecule has 0 bridgehead atoms. The van der Waals surface area contributed by atoms with E-state index in [-0.39, 0.29) is 16.5 Å². The fourth-order valence-corrected chi connectivity index (χ4v) is 5.28. The van der Waals surface area contributed by atoms with Crippen molar-refractivity contribution in [2.24, 2.45) is 0 Å². The highest BCUT2D eigenvalue weighted by Gasteiger charge is 2.47. The Kier molecular flexibility index (Phi) is 9.20. The number of alkyl halides is 2. The number of hydrogen-bond donors (Lipinski definition) is 2. The second-order valence-corrected chi connectivity index (χ2v) is 10.9. The number of aromatic nitrogens is 1. The fourth-order valence-electron chi connectivity index (χ4n) is 4.94. The Hall–Kier alpha value is -3.68. The molecule has 2 aliphatic heterocycles. The summed E-state index contributed by atoms with van der Waals surface area (Å²) in [7, 11) is -3.68. The van der Waals surface area contributed by atoms with Gasteiger partial charge in [-0.05, 0) is 25.1 Å². The molecule has 0 unspecified atom stereocenters. The lowest BCUT2D eigenvalue weighted by molar-refractivity contribution is -0.131. The highest BCUT2D eigenvalue weighted by atomic mass is 32.3. The molecule has 41 heavy (non-hydrogen) atoms. The summed E-state index contributed by atoms with van der Waals surface area (Å²) in [5.41, 5.74) is 0.265. The largest absolute Gasteiger partial charge is 0.488 e. The summed E-state index contributed by atoms with van der Waals surface area (Å²) in [4.78, 5) is 34.5. The third-order valence-corrected chi connectivity index (χ3v) is 7.36. The van der Waals surface area contributed by atoms with Crippen molar-refractivity contribution in [1.82, 2.24) is 25.4 Å². The third kappa shape index (κ3) is 7.75. The number of nitrogens with zero attached hydrogens (tertiary/aromatic N) is 5.